The molecule has 0 aliphatic rings. The molecule has 0 saturated heterocycles. The van der Waals surface area contributed by atoms with Crippen molar-refractivity contribution < 1.29 is 5.11 Å². The number of phenols is 1. The lowest BCUT2D eigenvalue weighted by Crippen LogP contribution is -2.16. The fraction of sp³-hybridized carbons (Fsp3) is 0.571. The predicted octanol–water partition coefficient (Wildman–Crippen LogP) is 3.56. The molecule has 0 fully saturated rings. The highest BCUT2D eigenvalue weighted by atomic mass is 16.3. The summed E-state index contributed by atoms with van der Waals surface area (Å²) in [5, 5.41) is 9.82. The summed E-state index contributed by atoms with van der Waals surface area (Å²) >= 11 is 0. The Kier molecular flexibility index (Phi) is 4.36. The molecule has 0 amide bonds. The summed E-state index contributed by atoms with van der Waals surface area (Å²) < 4.78 is 0. The Bertz CT molecular complexity index is 347. The van der Waals surface area contributed by atoms with E-state index in [-0.39, 0.29) is 6.04 Å². The average Bonchev–Trinajstić information content (AvgIpc) is 2.27. The summed E-state index contributed by atoms with van der Waals surface area (Å²) in [4.78, 5) is 0. The molecule has 0 radical (unpaired) electrons. The molecule has 2 nitrogen and oxygen atoms in total. The molecular weight excluding hydrogens is 198 g/mol. The molecular formula is C14H23NO. The normalized spacial score (nSPS) is 15.1. The Morgan fingerprint density at radius 1 is 1.25 bits per heavy atom. The van der Waals surface area contributed by atoms with Crippen molar-refractivity contribution in [3.8, 4) is 5.75 Å². The highest BCUT2D eigenvalue weighted by Gasteiger charge is 2.14. The van der Waals surface area contributed by atoms with Crippen molar-refractivity contribution in [3.63, 3.8) is 0 Å². The lowest BCUT2D eigenvalue weighted by Gasteiger charge is -2.19. The van der Waals surface area contributed by atoms with Gasteiger partial charge in [0.25, 0.3) is 0 Å². The lowest BCUT2D eigenvalue weighted by atomic mass is 9.91. The van der Waals surface area contributed by atoms with Crippen LogP contribution < -0.4 is 5.73 Å². The van der Waals surface area contributed by atoms with E-state index in [9.17, 15) is 5.11 Å². The van der Waals surface area contributed by atoms with Gasteiger partial charge in [-0.3, -0.25) is 0 Å². The van der Waals surface area contributed by atoms with Gasteiger partial charge >= 0.3 is 0 Å². The first kappa shape index (κ1) is 13.0. The summed E-state index contributed by atoms with van der Waals surface area (Å²) in [6, 6.07) is 5.78. The van der Waals surface area contributed by atoms with Crippen molar-refractivity contribution in [2.24, 2.45) is 11.7 Å². The van der Waals surface area contributed by atoms with Crippen LogP contribution in [0.25, 0.3) is 0 Å². The van der Waals surface area contributed by atoms with E-state index in [1.54, 1.807) is 6.07 Å². The van der Waals surface area contributed by atoms with Crippen LogP contribution in [-0.4, -0.2) is 5.11 Å². The van der Waals surface area contributed by atoms with Crippen molar-refractivity contribution in [2.45, 2.75) is 46.1 Å². The average molecular weight is 221 g/mol. The van der Waals surface area contributed by atoms with Crippen molar-refractivity contribution in [3.05, 3.63) is 29.3 Å². The largest absolute Gasteiger partial charge is 0.508 e. The van der Waals surface area contributed by atoms with Gasteiger partial charge in [-0.2, -0.15) is 0 Å². The quantitative estimate of drug-likeness (QED) is 0.816. The van der Waals surface area contributed by atoms with E-state index in [2.05, 4.69) is 27.7 Å². The van der Waals surface area contributed by atoms with Crippen LogP contribution in [0, 0.1) is 5.92 Å². The van der Waals surface area contributed by atoms with Gasteiger partial charge in [0, 0.05) is 6.04 Å². The minimum atomic E-state index is 0.0448. The first-order valence-corrected chi connectivity index (χ1v) is 6.05. The number of phenolic OH excluding ortho intramolecular Hbond substituents is 1. The molecule has 0 aromatic heterocycles. The van der Waals surface area contributed by atoms with Gasteiger partial charge in [0.05, 0.1) is 0 Å². The number of hydrogen-bond donors (Lipinski definition) is 2. The van der Waals surface area contributed by atoms with E-state index in [4.69, 9.17) is 5.73 Å². The Morgan fingerprint density at radius 3 is 2.38 bits per heavy atom. The summed E-state index contributed by atoms with van der Waals surface area (Å²) in [7, 11) is 0. The zero-order chi connectivity index (χ0) is 12.3. The molecule has 3 N–H and O–H groups in total. The van der Waals surface area contributed by atoms with Crippen LogP contribution in [-0.2, 0) is 0 Å². The molecule has 16 heavy (non-hydrogen) atoms. The predicted molar refractivity (Wildman–Crippen MR) is 68.6 cm³/mol. The highest BCUT2D eigenvalue weighted by molar-refractivity contribution is 5.39. The van der Waals surface area contributed by atoms with Crippen molar-refractivity contribution in [1.82, 2.24) is 0 Å². The van der Waals surface area contributed by atoms with Crippen LogP contribution in [0.2, 0.25) is 0 Å². The fourth-order valence-corrected chi connectivity index (χ4v) is 1.78. The van der Waals surface area contributed by atoms with Gasteiger partial charge < -0.3 is 10.8 Å². The van der Waals surface area contributed by atoms with E-state index >= 15 is 0 Å². The molecule has 0 spiro atoms. The Labute approximate surface area is 98.5 Å². The second kappa shape index (κ2) is 5.35. The fourth-order valence-electron chi connectivity index (χ4n) is 1.78. The molecule has 1 aromatic carbocycles. The summed E-state index contributed by atoms with van der Waals surface area (Å²) in [5.74, 6) is 1.17. The van der Waals surface area contributed by atoms with E-state index < -0.39 is 0 Å². The zero-order valence-electron chi connectivity index (χ0n) is 10.7. The number of nitrogens with two attached hydrogens (primary N) is 1. The van der Waals surface area contributed by atoms with Gasteiger partial charge in [-0.15, -0.1) is 0 Å². The number of aromatic hydroxyl groups is 1. The maximum atomic E-state index is 9.82. The van der Waals surface area contributed by atoms with Crippen LogP contribution in [0.15, 0.2) is 18.2 Å². The standard InChI is InChI=1S/C14H23NO/c1-5-10(4)12-8-11(6-7-13(12)16)14(15)9(2)3/h6-10,14,16H,5,15H2,1-4H3. The molecule has 2 heteroatoms. The van der Waals surface area contributed by atoms with Crippen LogP contribution >= 0.6 is 0 Å². The second-order valence-electron chi connectivity index (χ2n) is 4.90. The molecule has 90 valence electrons. The maximum Gasteiger partial charge on any atom is 0.119 e. The van der Waals surface area contributed by atoms with Gasteiger partial charge in [0.15, 0.2) is 0 Å². The minimum Gasteiger partial charge on any atom is -0.508 e. The molecule has 0 aliphatic carbocycles. The third-order valence-corrected chi connectivity index (χ3v) is 3.30. The number of hydrogen-bond acceptors (Lipinski definition) is 2. The minimum absolute atomic E-state index is 0.0448. The molecule has 0 bridgehead atoms. The molecule has 1 aromatic rings. The van der Waals surface area contributed by atoms with E-state index in [1.165, 1.54) is 0 Å². The van der Waals surface area contributed by atoms with Crippen LogP contribution in [0.3, 0.4) is 0 Å². The van der Waals surface area contributed by atoms with Crippen molar-refractivity contribution in [2.75, 3.05) is 0 Å². The van der Waals surface area contributed by atoms with Gasteiger partial charge in [-0.1, -0.05) is 39.8 Å². The monoisotopic (exact) mass is 221 g/mol. The van der Waals surface area contributed by atoms with Crippen LogP contribution in [0.4, 0.5) is 0 Å². The Morgan fingerprint density at radius 2 is 1.88 bits per heavy atom. The highest BCUT2D eigenvalue weighted by Crippen LogP contribution is 2.31. The summed E-state index contributed by atoms with van der Waals surface area (Å²) in [6.07, 6.45) is 1.02. The molecule has 1 rings (SSSR count). The second-order valence-corrected chi connectivity index (χ2v) is 4.90. The van der Waals surface area contributed by atoms with E-state index in [1.807, 2.05) is 12.1 Å². The number of benzene rings is 1. The first-order valence-electron chi connectivity index (χ1n) is 6.05. The first-order chi connectivity index (χ1) is 7.47. The van der Waals surface area contributed by atoms with Gasteiger partial charge in [0.1, 0.15) is 5.75 Å². The summed E-state index contributed by atoms with van der Waals surface area (Å²) in [5.41, 5.74) is 8.24. The van der Waals surface area contributed by atoms with Gasteiger partial charge in [0.2, 0.25) is 0 Å². The van der Waals surface area contributed by atoms with Crippen LogP contribution in [0.5, 0.6) is 5.75 Å². The number of rotatable bonds is 4. The molecule has 2 unspecified atom stereocenters. The van der Waals surface area contributed by atoms with Gasteiger partial charge in [-0.25, -0.2) is 0 Å². The Balaban J connectivity index is 3.07. The van der Waals surface area contributed by atoms with E-state index in [0.717, 1.165) is 17.5 Å². The zero-order valence-corrected chi connectivity index (χ0v) is 10.7. The maximum absolute atomic E-state index is 9.82. The van der Waals surface area contributed by atoms with Gasteiger partial charge in [-0.05, 0) is 35.4 Å². The molecule has 2 atom stereocenters. The molecule has 0 heterocycles. The Hall–Kier alpha value is -1.02. The van der Waals surface area contributed by atoms with Crippen molar-refractivity contribution >= 4 is 0 Å². The SMILES string of the molecule is CCC(C)c1cc(C(N)C(C)C)ccc1O. The smallest absolute Gasteiger partial charge is 0.119 e. The van der Waals surface area contributed by atoms with Crippen LogP contribution in [0.1, 0.15) is 57.2 Å². The third kappa shape index (κ3) is 2.76. The van der Waals surface area contributed by atoms with Crippen molar-refractivity contribution in [1.29, 1.82) is 0 Å². The third-order valence-electron chi connectivity index (χ3n) is 3.30. The molecule has 0 saturated carbocycles. The van der Waals surface area contributed by atoms with E-state index in [0.29, 0.717) is 17.6 Å². The topological polar surface area (TPSA) is 46.2 Å². The lowest BCUT2D eigenvalue weighted by molar-refractivity contribution is 0.459. The summed E-state index contributed by atoms with van der Waals surface area (Å²) in [6.45, 7) is 8.47. The molecule has 0 aliphatic heterocycles.